The Labute approximate surface area is 111 Å². The van der Waals surface area contributed by atoms with Crippen LogP contribution in [0.1, 0.15) is 38.5 Å². The molecule has 2 saturated heterocycles. The number of hydrogen-bond acceptors (Lipinski definition) is 3. The summed E-state index contributed by atoms with van der Waals surface area (Å²) in [6.07, 6.45) is 7.04. The molecular weight excluding hydrogens is 226 g/mol. The minimum Gasteiger partial charge on any atom is -0.344 e. The highest BCUT2D eigenvalue weighted by molar-refractivity contribution is 5.76. The minimum atomic E-state index is 0.292. The summed E-state index contributed by atoms with van der Waals surface area (Å²) in [5.74, 6) is 0.292. The van der Waals surface area contributed by atoms with Crippen molar-refractivity contribution >= 4 is 5.91 Å². The first kappa shape index (κ1) is 13.8. The van der Waals surface area contributed by atoms with Crippen LogP contribution in [0.5, 0.6) is 0 Å². The Morgan fingerprint density at radius 2 is 2.11 bits per heavy atom. The predicted molar refractivity (Wildman–Crippen MR) is 73.5 cm³/mol. The molecule has 0 aromatic carbocycles. The molecule has 0 aromatic rings. The summed E-state index contributed by atoms with van der Waals surface area (Å²) >= 11 is 0. The van der Waals surface area contributed by atoms with Crippen molar-refractivity contribution in [1.29, 1.82) is 0 Å². The van der Waals surface area contributed by atoms with Crippen LogP contribution in [0.25, 0.3) is 0 Å². The highest BCUT2D eigenvalue weighted by Crippen LogP contribution is 2.17. The van der Waals surface area contributed by atoms with Crippen LogP contribution in [-0.4, -0.2) is 61.5 Å². The standard InChI is InChI=1S/C14H27N3O/c1-16-10-4-3-5-13(16)8-9-15-12-6-7-14(18)17(2)11-12/h12-13,15H,3-11H2,1-2H3. The molecule has 2 fully saturated rings. The van der Waals surface area contributed by atoms with Crippen molar-refractivity contribution in [3.8, 4) is 0 Å². The summed E-state index contributed by atoms with van der Waals surface area (Å²) in [6, 6.07) is 1.26. The van der Waals surface area contributed by atoms with Gasteiger partial charge in [0.05, 0.1) is 0 Å². The van der Waals surface area contributed by atoms with Crippen molar-refractivity contribution < 1.29 is 4.79 Å². The number of hydrogen-bond donors (Lipinski definition) is 1. The van der Waals surface area contributed by atoms with Crippen molar-refractivity contribution in [2.45, 2.75) is 50.6 Å². The molecule has 0 bridgehead atoms. The molecule has 18 heavy (non-hydrogen) atoms. The number of amides is 1. The second kappa shape index (κ2) is 6.53. The van der Waals surface area contributed by atoms with Crippen molar-refractivity contribution in [3.05, 3.63) is 0 Å². The van der Waals surface area contributed by atoms with Gasteiger partial charge in [-0.15, -0.1) is 0 Å². The Balaban J connectivity index is 1.64. The second-order valence-corrected chi connectivity index (χ2v) is 5.88. The van der Waals surface area contributed by atoms with E-state index in [1.165, 1.54) is 32.2 Å². The van der Waals surface area contributed by atoms with E-state index in [1.54, 1.807) is 0 Å². The molecule has 2 rings (SSSR count). The van der Waals surface area contributed by atoms with Gasteiger partial charge in [-0.3, -0.25) is 4.79 Å². The first-order valence-corrected chi connectivity index (χ1v) is 7.34. The number of nitrogens with zero attached hydrogens (tertiary/aromatic N) is 2. The van der Waals surface area contributed by atoms with Gasteiger partial charge in [0.25, 0.3) is 0 Å². The summed E-state index contributed by atoms with van der Waals surface area (Å²) in [5, 5.41) is 3.62. The van der Waals surface area contributed by atoms with E-state index in [0.29, 0.717) is 18.4 Å². The molecule has 4 heteroatoms. The molecule has 2 aliphatic heterocycles. The fourth-order valence-corrected chi connectivity index (χ4v) is 3.14. The zero-order chi connectivity index (χ0) is 13.0. The van der Waals surface area contributed by atoms with Gasteiger partial charge >= 0.3 is 0 Å². The molecule has 1 amide bonds. The average Bonchev–Trinajstić information content (AvgIpc) is 2.36. The zero-order valence-corrected chi connectivity index (χ0v) is 11.8. The zero-order valence-electron chi connectivity index (χ0n) is 11.8. The molecule has 1 N–H and O–H groups in total. The maximum Gasteiger partial charge on any atom is 0.222 e. The number of carbonyl (C=O) groups excluding carboxylic acids is 1. The van der Waals surface area contributed by atoms with Crippen LogP contribution in [0.2, 0.25) is 0 Å². The lowest BCUT2D eigenvalue weighted by molar-refractivity contribution is -0.132. The van der Waals surface area contributed by atoms with E-state index in [-0.39, 0.29) is 0 Å². The van der Waals surface area contributed by atoms with E-state index >= 15 is 0 Å². The van der Waals surface area contributed by atoms with E-state index in [1.807, 2.05) is 11.9 Å². The van der Waals surface area contributed by atoms with E-state index in [2.05, 4.69) is 17.3 Å². The van der Waals surface area contributed by atoms with Crippen LogP contribution >= 0.6 is 0 Å². The molecule has 0 radical (unpaired) electrons. The molecule has 2 aliphatic rings. The van der Waals surface area contributed by atoms with E-state index in [4.69, 9.17) is 0 Å². The Morgan fingerprint density at radius 1 is 1.28 bits per heavy atom. The van der Waals surface area contributed by atoms with Gasteiger partial charge in [-0.1, -0.05) is 6.42 Å². The van der Waals surface area contributed by atoms with Gasteiger partial charge in [0.15, 0.2) is 0 Å². The lowest BCUT2D eigenvalue weighted by Gasteiger charge is -2.34. The maximum atomic E-state index is 11.4. The number of nitrogens with one attached hydrogen (secondary N) is 1. The van der Waals surface area contributed by atoms with Gasteiger partial charge in [0, 0.05) is 32.1 Å². The lowest BCUT2D eigenvalue weighted by Crippen LogP contribution is -2.47. The largest absolute Gasteiger partial charge is 0.344 e. The predicted octanol–water partition coefficient (Wildman–Crippen LogP) is 1.07. The van der Waals surface area contributed by atoms with Gasteiger partial charge < -0.3 is 15.1 Å². The number of likely N-dealkylation sites (N-methyl/N-ethyl adjacent to an activating group) is 1. The molecule has 2 heterocycles. The first-order chi connectivity index (χ1) is 8.66. The molecule has 0 spiro atoms. The molecular formula is C14H27N3O. The summed E-state index contributed by atoms with van der Waals surface area (Å²) < 4.78 is 0. The minimum absolute atomic E-state index is 0.292. The fourth-order valence-electron chi connectivity index (χ4n) is 3.14. The van der Waals surface area contributed by atoms with Crippen molar-refractivity contribution in [1.82, 2.24) is 15.1 Å². The van der Waals surface area contributed by atoms with Crippen LogP contribution < -0.4 is 5.32 Å². The summed E-state index contributed by atoms with van der Waals surface area (Å²) in [6.45, 7) is 3.21. The van der Waals surface area contributed by atoms with Crippen LogP contribution in [0, 0.1) is 0 Å². The van der Waals surface area contributed by atoms with Crippen LogP contribution in [0.3, 0.4) is 0 Å². The Kier molecular flexibility index (Phi) is 5.01. The second-order valence-electron chi connectivity index (χ2n) is 5.88. The fraction of sp³-hybridized carbons (Fsp3) is 0.929. The Bertz CT molecular complexity index is 282. The molecule has 104 valence electrons. The van der Waals surface area contributed by atoms with Crippen molar-refractivity contribution in [2.75, 3.05) is 33.7 Å². The summed E-state index contributed by atoms with van der Waals surface area (Å²) in [7, 11) is 4.15. The van der Waals surface area contributed by atoms with Crippen molar-refractivity contribution in [3.63, 3.8) is 0 Å². The monoisotopic (exact) mass is 253 g/mol. The molecule has 2 unspecified atom stereocenters. The van der Waals surface area contributed by atoms with E-state index in [9.17, 15) is 4.79 Å². The van der Waals surface area contributed by atoms with Crippen LogP contribution in [0.15, 0.2) is 0 Å². The number of likely N-dealkylation sites (tertiary alicyclic amines) is 2. The maximum absolute atomic E-state index is 11.4. The quantitative estimate of drug-likeness (QED) is 0.814. The average molecular weight is 253 g/mol. The summed E-state index contributed by atoms with van der Waals surface area (Å²) in [5.41, 5.74) is 0. The molecule has 0 saturated carbocycles. The lowest BCUT2D eigenvalue weighted by atomic mass is 9.99. The van der Waals surface area contributed by atoms with E-state index < -0.39 is 0 Å². The van der Waals surface area contributed by atoms with Gasteiger partial charge in [0.2, 0.25) is 5.91 Å². The summed E-state index contributed by atoms with van der Waals surface area (Å²) in [4.78, 5) is 15.8. The molecule has 4 nitrogen and oxygen atoms in total. The highest BCUT2D eigenvalue weighted by atomic mass is 16.2. The number of rotatable bonds is 4. The van der Waals surface area contributed by atoms with E-state index in [0.717, 1.165) is 25.6 Å². The molecule has 2 atom stereocenters. The number of piperidine rings is 2. The van der Waals surface area contributed by atoms with Crippen LogP contribution in [-0.2, 0) is 4.79 Å². The molecule has 0 aliphatic carbocycles. The van der Waals surface area contributed by atoms with Gasteiger partial charge in [-0.05, 0) is 45.8 Å². The van der Waals surface area contributed by atoms with Gasteiger partial charge in [0.1, 0.15) is 0 Å². The third-order valence-corrected chi connectivity index (χ3v) is 4.46. The SMILES string of the molecule is CN1CC(NCCC2CCCCN2C)CCC1=O. The van der Waals surface area contributed by atoms with Crippen LogP contribution in [0.4, 0.5) is 0 Å². The first-order valence-electron chi connectivity index (χ1n) is 7.34. The molecule has 0 aromatic heterocycles. The number of carbonyl (C=O) groups is 1. The normalized spacial score (nSPS) is 30.8. The Morgan fingerprint density at radius 3 is 2.83 bits per heavy atom. The highest BCUT2D eigenvalue weighted by Gasteiger charge is 2.23. The Hall–Kier alpha value is -0.610. The third kappa shape index (κ3) is 3.69. The third-order valence-electron chi connectivity index (χ3n) is 4.46. The topological polar surface area (TPSA) is 35.6 Å². The smallest absolute Gasteiger partial charge is 0.222 e. The van der Waals surface area contributed by atoms with Gasteiger partial charge in [-0.2, -0.15) is 0 Å². The van der Waals surface area contributed by atoms with Crippen molar-refractivity contribution in [2.24, 2.45) is 0 Å². The van der Waals surface area contributed by atoms with Gasteiger partial charge in [-0.25, -0.2) is 0 Å².